The van der Waals surface area contributed by atoms with Gasteiger partial charge in [0, 0.05) is 18.2 Å². The van der Waals surface area contributed by atoms with E-state index in [0.717, 1.165) is 44.5 Å². The summed E-state index contributed by atoms with van der Waals surface area (Å²) in [5, 5.41) is 7.02. The van der Waals surface area contributed by atoms with Crippen LogP contribution in [0.15, 0.2) is 10.7 Å². The monoisotopic (exact) mass is 251 g/mol. The van der Waals surface area contributed by atoms with E-state index in [1.54, 1.807) is 6.20 Å². The zero-order valence-corrected chi connectivity index (χ0v) is 11.1. The van der Waals surface area contributed by atoms with Crippen molar-refractivity contribution in [3.63, 3.8) is 0 Å². The highest BCUT2D eigenvalue weighted by Crippen LogP contribution is 2.18. The normalized spacial score (nSPS) is 16.8. The molecule has 0 radical (unpaired) electrons. The lowest BCUT2D eigenvalue weighted by Crippen LogP contribution is -2.46. The Labute approximate surface area is 108 Å². The Morgan fingerprint density at radius 3 is 2.83 bits per heavy atom. The minimum absolute atomic E-state index is 0.0150. The fourth-order valence-corrected chi connectivity index (χ4v) is 2.44. The molecule has 18 heavy (non-hydrogen) atoms. The van der Waals surface area contributed by atoms with Gasteiger partial charge in [-0.25, -0.2) is 0 Å². The number of nitrogens with one attached hydrogen (secondary N) is 1. The Kier molecular flexibility index (Phi) is 4.36. The molecule has 1 N–H and O–H groups in total. The molecule has 100 valence electrons. The summed E-state index contributed by atoms with van der Waals surface area (Å²) in [6.07, 6.45) is 4.58. The standard InChI is InChI=1S/C13H21N3O2/c1-3-8-16(11-4-6-14-7-5-11)13(17)12-10(2)9-15-18-12/h9,11,14H,3-8H2,1-2H3. The molecule has 0 aromatic carbocycles. The van der Waals surface area contributed by atoms with Crippen LogP contribution in [-0.4, -0.2) is 41.6 Å². The molecule has 5 nitrogen and oxygen atoms in total. The van der Waals surface area contributed by atoms with Crippen LogP contribution in [0.1, 0.15) is 42.3 Å². The molecular formula is C13H21N3O2. The second kappa shape index (κ2) is 6.00. The minimum atomic E-state index is -0.0150. The maximum Gasteiger partial charge on any atom is 0.292 e. The summed E-state index contributed by atoms with van der Waals surface area (Å²) in [6, 6.07) is 0.322. The van der Waals surface area contributed by atoms with E-state index in [9.17, 15) is 4.79 Å². The zero-order chi connectivity index (χ0) is 13.0. The van der Waals surface area contributed by atoms with Crippen LogP contribution >= 0.6 is 0 Å². The molecule has 1 amide bonds. The second-order valence-corrected chi connectivity index (χ2v) is 4.82. The third kappa shape index (κ3) is 2.72. The van der Waals surface area contributed by atoms with Crippen LogP contribution in [0.25, 0.3) is 0 Å². The Morgan fingerprint density at radius 1 is 1.56 bits per heavy atom. The lowest BCUT2D eigenvalue weighted by atomic mass is 10.0. The average Bonchev–Trinajstić information content (AvgIpc) is 2.82. The number of hydrogen-bond donors (Lipinski definition) is 1. The fraction of sp³-hybridized carbons (Fsp3) is 0.692. The summed E-state index contributed by atoms with van der Waals surface area (Å²) in [5.41, 5.74) is 0.815. The maximum absolute atomic E-state index is 12.5. The first kappa shape index (κ1) is 13.1. The van der Waals surface area contributed by atoms with Gasteiger partial charge < -0.3 is 14.7 Å². The van der Waals surface area contributed by atoms with Crippen LogP contribution in [-0.2, 0) is 0 Å². The summed E-state index contributed by atoms with van der Waals surface area (Å²) in [5.74, 6) is 0.376. The van der Waals surface area contributed by atoms with Gasteiger partial charge in [-0.3, -0.25) is 4.79 Å². The molecule has 0 aliphatic carbocycles. The van der Waals surface area contributed by atoms with Crippen molar-refractivity contribution < 1.29 is 9.32 Å². The Hall–Kier alpha value is -1.36. The van der Waals surface area contributed by atoms with Gasteiger partial charge in [0.15, 0.2) is 0 Å². The summed E-state index contributed by atoms with van der Waals surface area (Å²) in [6.45, 7) is 6.69. The zero-order valence-electron chi connectivity index (χ0n) is 11.1. The van der Waals surface area contributed by atoms with Crippen molar-refractivity contribution in [1.29, 1.82) is 0 Å². The highest BCUT2D eigenvalue weighted by molar-refractivity contribution is 5.92. The number of carbonyl (C=O) groups is 1. The molecule has 5 heteroatoms. The van der Waals surface area contributed by atoms with Crippen LogP contribution in [0, 0.1) is 6.92 Å². The Bertz CT molecular complexity index is 397. The molecule has 0 spiro atoms. The van der Waals surface area contributed by atoms with Crippen molar-refractivity contribution in [2.45, 2.75) is 39.2 Å². The Balaban J connectivity index is 2.13. The quantitative estimate of drug-likeness (QED) is 0.882. The van der Waals surface area contributed by atoms with Crippen molar-refractivity contribution in [2.24, 2.45) is 0 Å². The molecule has 0 unspecified atom stereocenters. The lowest BCUT2D eigenvalue weighted by Gasteiger charge is -2.34. The van der Waals surface area contributed by atoms with Gasteiger partial charge in [0.05, 0.1) is 6.20 Å². The number of carbonyl (C=O) groups excluding carboxylic acids is 1. The Morgan fingerprint density at radius 2 is 2.28 bits per heavy atom. The number of rotatable bonds is 4. The highest BCUT2D eigenvalue weighted by Gasteiger charge is 2.28. The van der Waals surface area contributed by atoms with Crippen molar-refractivity contribution in [3.8, 4) is 0 Å². The molecule has 1 aromatic rings. The molecule has 1 aliphatic heterocycles. The lowest BCUT2D eigenvalue weighted by molar-refractivity contribution is 0.0599. The summed E-state index contributed by atoms with van der Waals surface area (Å²) >= 11 is 0. The predicted octanol–water partition coefficient (Wildman–Crippen LogP) is 1.59. The van der Waals surface area contributed by atoms with Gasteiger partial charge in [0.1, 0.15) is 0 Å². The van der Waals surface area contributed by atoms with E-state index in [0.29, 0.717) is 11.8 Å². The first-order valence-electron chi connectivity index (χ1n) is 6.67. The molecular weight excluding hydrogens is 230 g/mol. The third-order valence-electron chi connectivity index (χ3n) is 3.42. The first-order valence-corrected chi connectivity index (χ1v) is 6.67. The van der Waals surface area contributed by atoms with E-state index in [4.69, 9.17) is 4.52 Å². The van der Waals surface area contributed by atoms with Crippen LogP contribution < -0.4 is 5.32 Å². The van der Waals surface area contributed by atoms with Gasteiger partial charge >= 0.3 is 0 Å². The average molecular weight is 251 g/mol. The molecule has 0 atom stereocenters. The van der Waals surface area contributed by atoms with E-state index in [1.807, 2.05) is 11.8 Å². The molecule has 0 bridgehead atoms. The number of aryl methyl sites for hydroxylation is 1. The van der Waals surface area contributed by atoms with Crippen LogP contribution in [0.5, 0.6) is 0 Å². The predicted molar refractivity (Wildman–Crippen MR) is 68.5 cm³/mol. The van der Waals surface area contributed by atoms with Crippen molar-refractivity contribution >= 4 is 5.91 Å². The molecule has 2 heterocycles. The largest absolute Gasteiger partial charge is 0.351 e. The molecule has 1 aliphatic rings. The minimum Gasteiger partial charge on any atom is -0.351 e. The van der Waals surface area contributed by atoms with E-state index in [1.165, 1.54) is 0 Å². The van der Waals surface area contributed by atoms with E-state index in [-0.39, 0.29) is 5.91 Å². The SMILES string of the molecule is CCCN(C(=O)c1oncc1C)C1CCNCC1. The van der Waals surface area contributed by atoms with Crippen molar-refractivity contribution in [2.75, 3.05) is 19.6 Å². The van der Waals surface area contributed by atoms with Gasteiger partial charge in [-0.1, -0.05) is 12.1 Å². The number of aromatic nitrogens is 1. The maximum atomic E-state index is 12.5. The number of nitrogens with zero attached hydrogens (tertiary/aromatic N) is 2. The molecule has 1 aromatic heterocycles. The number of piperidine rings is 1. The van der Waals surface area contributed by atoms with Crippen LogP contribution in [0.4, 0.5) is 0 Å². The highest BCUT2D eigenvalue weighted by atomic mass is 16.5. The number of hydrogen-bond acceptors (Lipinski definition) is 4. The van der Waals surface area contributed by atoms with Crippen molar-refractivity contribution in [1.82, 2.24) is 15.4 Å². The molecule has 1 fully saturated rings. The smallest absolute Gasteiger partial charge is 0.292 e. The van der Waals surface area contributed by atoms with Gasteiger partial charge in [0.25, 0.3) is 5.91 Å². The van der Waals surface area contributed by atoms with E-state index in [2.05, 4.69) is 17.4 Å². The van der Waals surface area contributed by atoms with E-state index < -0.39 is 0 Å². The third-order valence-corrected chi connectivity index (χ3v) is 3.42. The molecule has 1 saturated heterocycles. The van der Waals surface area contributed by atoms with E-state index >= 15 is 0 Å². The first-order chi connectivity index (χ1) is 8.74. The fourth-order valence-electron chi connectivity index (χ4n) is 2.44. The molecule has 0 saturated carbocycles. The van der Waals surface area contributed by atoms with Gasteiger partial charge in [-0.15, -0.1) is 0 Å². The summed E-state index contributed by atoms with van der Waals surface area (Å²) in [7, 11) is 0. The summed E-state index contributed by atoms with van der Waals surface area (Å²) < 4.78 is 5.09. The second-order valence-electron chi connectivity index (χ2n) is 4.82. The topological polar surface area (TPSA) is 58.4 Å². The molecule has 2 rings (SSSR count). The number of amides is 1. The van der Waals surface area contributed by atoms with Gasteiger partial charge in [0.2, 0.25) is 5.76 Å². The van der Waals surface area contributed by atoms with Crippen molar-refractivity contribution in [3.05, 3.63) is 17.5 Å². The van der Waals surface area contributed by atoms with Gasteiger partial charge in [-0.2, -0.15) is 0 Å². The summed E-state index contributed by atoms with van der Waals surface area (Å²) in [4.78, 5) is 14.4. The van der Waals surface area contributed by atoms with Crippen LogP contribution in [0.3, 0.4) is 0 Å². The van der Waals surface area contributed by atoms with Gasteiger partial charge in [-0.05, 0) is 39.3 Å². The van der Waals surface area contributed by atoms with Crippen LogP contribution in [0.2, 0.25) is 0 Å².